The summed E-state index contributed by atoms with van der Waals surface area (Å²) in [6.45, 7) is 0. The predicted octanol–water partition coefficient (Wildman–Crippen LogP) is 20.8. The molecule has 356 valence electrons. The van der Waals surface area contributed by atoms with Gasteiger partial charge in [-0.25, -0.2) is 0 Å². The van der Waals surface area contributed by atoms with E-state index in [1.165, 1.54) is 32.7 Å². The van der Waals surface area contributed by atoms with Crippen molar-refractivity contribution in [2.75, 3.05) is 9.80 Å². The highest BCUT2D eigenvalue weighted by molar-refractivity contribution is 6.25. The number of para-hydroxylation sites is 5. The molecule has 4 heteroatoms. The number of fused-ring (bicyclic) bond motifs is 9. The van der Waals surface area contributed by atoms with Crippen LogP contribution in [-0.2, 0) is 0 Å². The number of hydrogen-bond acceptors (Lipinski definition) is 4. The molecular weight excluding hydrogens is 925 g/mol. The van der Waals surface area contributed by atoms with Crippen molar-refractivity contribution >= 4 is 88.4 Å². The summed E-state index contributed by atoms with van der Waals surface area (Å²) in [6, 6.07) is 99.9. The van der Waals surface area contributed by atoms with Crippen LogP contribution in [-0.4, -0.2) is 0 Å². The van der Waals surface area contributed by atoms with Crippen molar-refractivity contribution in [2.24, 2.45) is 0 Å². The minimum absolute atomic E-state index is 0.827. The first kappa shape index (κ1) is 43.4. The zero-order chi connectivity index (χ0) is 50.1. The van der Waals surface area contributed by atoms with E-state index >= 15 is 0 Å². The second kappa shape index (κ2) is 17.8. The largest absolute Gasteiger partial charge is 0.456 e. The minimum atomic E-state index is 0.827. The van der Waals surface area contributed by atoms with Crippen LogP contribution < -0.4 is 14.5 Å². The number of nitrogens with zero attached hydrogens (tertiary/aromatic N) is 2. The quantitative estimate of drug-likeness (QED) is 0.135. The summed E-state index contributed by atoms with van der Waals surface area (Å²) in [6.07, 6.45) is 0. The van der Waals surface area contributed by atoms with Crippen LogP contribution in [0, 0.1) is 0 Å². The molecule has 0 saturated heterocycles. The molecule has 0 spiro atoms. The van der Waals surface area contributed by atoms with Crippen molar-refractivity contribution in [2.45, 2.75) is 0 Å². The monoisotopic (exact) mass is 970 g/mol. The van der Waals surface area contributed by atoms with Crippen LogP contribution in [0.15, 0.2) is 283 Å². The van der Waals surface area contributed by atoms with Crippen molar-refractivity contribution in [1.29, 1.82) is 0 Å². The third-order valence-electron chi connectivity index (χ3n) is 15.2. The van der Waals surface area contributed by atoms with Gasteiger partial charge >= 0.3 is 0 Å². The second-order valence-corrected chi connectivity index (χ2v) is 19.5. The zero-order valence-electron chi connectivity index (χ0n) is 41.3. The van der Waals surface area contributed by atoms with Gasteiger partial charge in [-0.1, -0.05) is 194 Å². The molecule has 0 amide bonds. The minimum Gasteiger partial charge on any atom is -0.456 e. The number of anilines is 6. The normalized spacial score (nSPS) is 11.8. The molecule has 0 aliphatic carbocycles. The van der Waals surface area contributed by atoms with Gasteiger partial charge in [0.25, 0.3) is 0 Å². The Balaban J connectivity index is 0.868. The smallest absolute Gasteiger partial charge is 0.159 e. The van der Waals surface area contributed by atoms with Crippen LogP contribution in [0.4, 0.5) is 34.1 Å². The summed E-state index contributed by atoms with van der Waals surface area (Å²) >= 11 is 0. The van der Waals surface area contributed by atoms with Gasteiger partial charge in [0.1, 0.15) is 17.1 Å². The summed E-state index contributed by atoms with van der Waals surface area (Å²) < 4.78 is 13.8. The molecule has 76 heavy (non-hydrogen) atoms. The lowest BCUT2D eigenvalue weighted by Crippen LogP contribution is -2.11. The molecule has 13 aromatic carbocycles. The molecule has 0 fully saturated rings. The van der Waals surface area contributed by atoms with E-state index in [-0.39, 0.29) is 0 Å². The predicted molar refractivity (Wildman–Crippen MR) is 317 cm³/mol. The molecule has 0 unspecified atom stereocenters. The fourth-order valence-corrected chi connectivity index (χ4v) is 11.8. The molecule has 1 aliphatic heterocycles. The third kappa shape index (κ3) is 7.07. The fourth-order valence-electron chi connectivity index (χ4n) is 11.8. The first-order valence-electron chi connectivity index (χ1n) is 25.9. The number of rotatable bonds is 9. The highest BCUT2D eigenvalue weighted by atomic mass is 16.5. The van der Waals surface area contributed by atoms with Gasteiger partial charge < -0.3 is 19.0 Å². The lowest BCUT2D eigenvalue weighted by atomic mass is 9.86. The number of hydrogen-bond donors (Lipinski definition) is 0. The van der Waals surface area contributed by atoms with Gasteiger partial charge in [-0.05, 0) is 134 Å². The van der Waals surface area contributed by atoms with E-state index in [2.05, 4.69) is 283 Å². The van der Waals surface area contributed by atoms with Gasteiger partial charge in [0.2, 0.25) is 0 Å². The Morgan fingerprint density at radius 1 is 0.250 bits per heavy atom. The lowest BCUT2D eigenvalue weighted by Gasteiger charge is -2.30. The van der Waals surface area contributed by atoms with Crippen molar-refractivity contribution in [3.05, 3.63) is 279 Å². The average Bonchev–Trinajstić information content (AvgIpc) is 3.89. The van der Waals surface area contributed by atoms with Gasteiger partial charge in [-0.2, -0.15) is 0 Å². The van der Waals surface area contributed by atoms with Crippen LogP contribution >= 0.6 is 0 Å². The summed E-state index contributed by atoms with van der Waals surface area (Å²) in [5.74, 6) is 1.68. The summed E-state index contributed by atoms with van der Waals surface area (Å²) in [5.41, 5.74) is 17.1. The van der Waals surface area contributed by atoms with E-state index in [1.54, 1.807) is 0 Å². The van der Waals surface area contributed by atoms with Gasteiger partial charge in [0, 0.05) is 56.0 Å². The summed E-state index contributed by atoms with van der Waals surface area (Å²) in [5, 5.41) is 9.26. The summed E-state index contributed by atoms with van der Waals surface area (Å²) in [4.78, 5) is 4.69. The van der Waals surface area contributed by atoms with Crippen molar-refractivity contribution in [1.82, 2.24) is 0 Å². The molecule has 2 heterocycles. The molecule has 14 aromatic rings. The standard InChI is InChI=1S/C72H46N2O2/c1-4-20-47(21-5-1)53-26-12-15-33-65(53)73(50-24-8-3-9-25-50)52-42-43-58-64-46-62-56-29-11-10-28-55(56)61(45-63(62)59-31-19-37-69(71(59)64)75-70(58)44-52)49-38-40-51(41-39-49)74(66-34-16-13-27-54(66)48-22-6-2-7-23-48)67-35-18-32-60-57-30-14-17-36-68(57)76-72(60)67/h1-46H. The Labute approximate surface area is 440 Å². The number of ether oxygens (including phenoxy) is 1. The molecule has 1 aliphatic rings. The van der Waals surface area contributed by atoms with Crippen LogP contribution in [0.5, 0.6) is 11.5 Å². The van der Waals surface area contributed by atoms with Crippen molar-refractivity contribution in [3.63, 3.8) is 0 Å². The lowest BCUT2D eigenvalue weighted by molar-refractivity contribution is 0.487. The van der Waals surface area contributed by atoms with E-state index in [0.717, 1.165) is 112 Å². The molecule has 0 bridgehead atoms. The topological polar surface area (TPSA) is 28.9 Å². The maximum absolute atomic E-state index is 7.03. The van der Waals surface area contributed by atoms with E-state index in [0.29, 0.717) is 0 Å². The van der Waals surface area contributed by atoms with Crippen LogP contribution in [0.25, 0.3) is 98.8 Å². The molecule has 0 N–H and O–H groups in total. The Hall–Kier alpha value is -10.2. The molecule has 1 aromatic heterocycles. The second-order valence-electron chi connectivity index (χ2n) is 19.5. The molecule has 0 atom stereocenters. The van der Waals surface area contributed by atoms with E-state index in [1.807, 2.05) is 6.07 Å². The molecule has 4 nitrogen and oxygen atoms in total. The molecule has 0 saturated carbocycles. The highest BCUT2D eigenvalue weighted by Crippen LogP contribution is 2.53. The van der Waals surface area contributed by atoms with E-state index in [4.69, 9.17) is 9.15 Å². The van der Waals surface area contributed by atoms with Crippen LogP contribution in [0.2, 0.25) is 0 Å². The number of benzene rings is 13. The van der Waals surface area contributed by atoms with Gasteiger partial charge in [-0.3, -0.25) is 0 Å². The number of furan rings is 1. The van der Waals surface area contributed by atoms with E-state index in [9.17, 15) is 0 Å². The first-order valence-corrected chi connectivity index (χ1v) is 25.9. The first-order chi connectivity index (χ1) is 37.7. The Kier molecular flexibility index (Phi) is 10.2. The van der Waals surface area contributed by atoms with Crippen LogP contribution in [0.3, 0.4) is 0 Å². The average molecular weight is 971 g/mol. The molecule has 15 rings (SSSR count). The Morgan fingerprint density at radius 2 is 0.763 bits per heavy atom. The van der Waals surface area contributed by atoms with Gasteiger partial charge in [0.05, 0.1) is 17.1 Å². The van der Waals surface area contributed by atoms with Gasteiger partial charge in [0.15, 0.2) is 5.58 Å². The zero-order valence-corrected chi connectivity index (χ0v) is 41.3. The Morgan fingerprint density at radius 3 is 1.50 bits per heavy atom. The van der Waals surface area contributed by atoms with Crippen molar-refractivity contribution < 1.29 is 9.15 Å². The van der Waals surface area contributed by atoms with Crippen LogP contribution in [0.1, 0.15) is 0 Å². The highest BCUT2D eigenvalue weighted by Gasteiger charge is 2.27. The van der Waals surface area contributed by atoms with Crippen molar-refractivity contribution in [3.8, 4) is 56.0 Å². The van der Waals surface area contributed by atoms with Gasteiger partial charge in [-0.15, -0.1) is 0 Å². The fraction of sp³-hybridized carbons (Fsp3) is 0. The summed E-state index contributed by atoms with van der Waals surface area (Å²) in [7, 11) is 0. The molecular formula is C72H46N2O2. The molecule has 0 radical (unpaired) electrons. The Bertz CT molecular complexity index is 4550. The maximum atomic E-state index is 7.03. The van der Waals surface area contributed by atoms with E-state index < -0.39 is 0 Å². The third-order valence-corrected chi connectivity index (χ3v) is 15.2. The maximum Gasteiger partial charge on any atom is 0.159 e. The SMILES string of the molecule is c1ccc(-c2ccccc2N(c2ccccc2)c2ccc3c(c2)Oc2cccc4c2c-3cc2c3ccccc3c(-c3ccc(N(c5ccccc5-c5ccccc5)c5cccc6c5oc5ccccc56)cc3)cc42)cc1.